The average Bonchev–Trinajstić information content (AvgIpc) is 3.07. The fourth-order valence-corrected chi connectivity index (χ4v) is 3.49. The van der Waals surface area contributed by atoms with Crippen LogP contribution in [0.5, 0.6) is 0 Å². The molecule has 3 aromatic rings. The molecule has 1 aromatic heterocycles. The fraction of sp³-hybridized carbons (Fsp3) is 0.286. The second kappa shape index (κ2) is 6.25. The molecule has 1 fully saturated rings. The van der Waals surface area contributed by atoms with Gasteiger partial charge in [-0.05, 0) is 43.2 Å². The van der Waals surface area contributed by atoms with Crippen molar-refractivity contribution in [2.24, 2.45) is 0 Å². The normalized spacial score (nSPS) is 15.3. The van der Waals surface area contributed by atoms with E-state index in [1.165, 1.54) is 27.8 Å². The van der Waals surface area contributed by atoms with Crippen molar-refractivity contribution in [1.82, 2.24) is 9.88 Å². The Balaban J connectivity index is 1.53. The van der Waals surface area contributed by atoms with Crippen molar-refractivity contribution in [1.29, 1.82) is 0 Å². The van der Waals surface area contributed by atoms with E-state index in [9.17, 15) is 0 Å². The highest BCUT2D eigenvalue weighted by atomic mass is 15.4. The third kappa shape index (κ3) is 2.87. The molecule has 4 rings (SSSR count). The smallest absolute Gasteiger partial charge is 0.0734 e. The van der Waals surface area contributed by atoms with Crippen LogP contribution in [0.15, 0.2) is 54.7 Å². The van der Waals surface area contributed by atoms with Crippen LogP contribution in [0.25, 0.3) is 10.9 Å². The van der Waals surface area contributed by atoms with Gasteiger partial charge in [0.2, 0.25) is 0 Å². The Bertz CT molecular complexity index is 855. The first-order valence-corrected chi connectivity index (χ1v) is 8.58. The summed E-state index contributed by atoms with van der Waals surface area (Å²) >= 11 is 0. The maximum absolute atomic E-state index is 4.56. The van der Waals surface area contributed by atoms with Crippen molar-refractivity contribution in [3.05, 3.63) is 71.4 Å². The van der Waals surface area contributed by atoms with Crippen molar-refractivity contribution in [2.45, 2.75) is 20.4 Å². The Morgan fingerprint density at radius 3 is 2.62 bits per heavy atom. The van der Waals surface area contributed by atoms with E-state index in [2.05, 4.69) is 71.1 Å². The van der Waals surface area contributed by atoms with Crippen LogP contribution in [-0.2, 0) is 6.54 Å². The van der Waals surface area contributed by atoms with Crippen LogP contribution in [0.4, 0.5) is 5.69 Å². The number of aryl methyl sites for hydroxylation is 2. The third-order valence-corrected chi connectivity index (χ3v) is 4.91. The van der Waals surface area contributed by atoms with Crippen LogP contribution < -0.4 is 4.90 Å². The van der Waals surface area contributed by atoms with Crippen LogP contribution in [-0.4, -0.2) is 29.6 Å². The van der Waals surface area contributed by atoms with Gasteiger partial charge in [-0.1, -0.05) is 35.9 Å². The molecule has 0 spiro atoms. The molecule has 0 amide bonds. The van der Waals surface area contributed by atoms with Gasteiger partial charge in [-0.25, -0.2) is 0 Å². The number of fused-ring (bicyclic) bond motifs is 1. The number of nitrogens with zero attached hydrogens (tertiary/aromatic N) is 3. The van der Waals surface area contributed by atoms with Gasteiger partial charge in [0.05, 0.1) is 12.2 Å². The van der Waals surface area contributed by atoms with E-state index >= 15 is 0 Å². The predicted molar refractivity (Wildman–Crippen MR) is 100 cm³/mol. The van der Waals surface area contributed by atoms with Crippen LogP contribution >= 0.6 is 0 Å². The van der Waals surface area contributed by atoms with Crippen LogP contribution in [0.3, 0.4) is 0 Å². The third-order valence-electron chi connectivity index (χ3n) is 4.91. The highest BCUT2D eigenvalue weighted by molar-refractivity contribution is 5.84. The molecule has 1 aliphatic heterocycles. The van der Waals surface area contributed by atoms with Crippen molar-refractivity contribution < 1.29 is 0 Å². The van der Waals surface area contributed by atoms with E-state index < -0.39 is 0 Å². The summed E-state index contributed by atoms with van der Waals surface area (Å²) in [5.74, 6) is 0. The molecule has 1 aliphatic rings. The van der Waals surface area contributed by atoms with Crippen molar-refractivity contribution in [2.75, 3.05) is 24.7 Å². The second-order valence-corrected chi connectivity index (χ2v) is 6.73. The Kier molecular flexibility index (Phi) is 3.95. The number of hydrogen-bond donors (Lipinski definition) is 0. The number of anilines is 1. The summed E-state index contributed by atoms with van der Waals surface area (Å²) < 4.78 is 0. The minimum Gasteiger partial charge on any atom is -0.357 e. The second-order valence-electron chi connectivity index (χ2n) is 6.73. The molecule has 0 bridgehead atoms. The van der Waals surface area contributed by atoms with Gasteiger partial charge in [0, 0.05) is 36.9 Å². The number of benzene rings is 2. The Morgan fingerprint density at radius 2 is 1.79 bits per heavy atom. The summed E-state index contributed by atoms with van der Waals surface area (Å²) in [5.41, 5.74) is 6.38. The first-order chi connectivity index (χ1) is 11.7. The average molecular weight is 317 g/mol. The topological polar surface area (TPSA) is 19.4 Å². The number of rotatable bonds is 3. The summed E-state index contributed by atoms with van der Waals surface area (Å²) in [5, 5.41) is 1.28. The van der Waals surface area contributed by atoms with Crippen molar-refractivity contribution >= 4 is 16.6 Å². The minimum atomic E-state index is 0.977. The molecule has 24 heavy (non-hydrogen) atoms. The molecule has 0 N–H and O–H groups in total. The van der Waals surface area contributed by atoms with Gasteiger partial charge in [-0.2, -0.15) is 0 Å². The molecule has 3 nitrogen and oxygen atoms in total. The number of aromatic nitrogens is 1. The van der Waals surface area contributed by atoms with Gasteiger partial charge in [0.25, 0.3) is 0 Å². The molecule has 0 aliphatic carbocycles. The minimum absolute atomic E-state index is 0.977. The molecule has 122 valence electrons. The molecular formula is C21H23N3. The maximum Gasteiger partial charge on any atom is 0.0734 e. The maximum atomic E-state index is 4.56. The van der Waals surface area contributed by atoms with Gasteiger partial charge < -0.3 is 4.90 Å². The van der Waals surface area contributed by atoms with E-state index in [4.69, 9.17) is 0 Å². The lowest BCUT2D eigenvalue weighted by Crippen LogP contribution is -2.25. The molecule has 0 atom stereocenters. The molecule has 0 unspecified atom stereocenters. The molecular weight excluding hydrogens is 294 g/mol. The zero-order valence-electron chi connectivity index (χ0n) is 14.4. The summed E-state index contributed by atoms with van der Waals surface area (Å²) in [6.07, 6.45) is 1.88. The largest absolute Gasteiger partial charge is 0.357 e. The quantitative estimate of drug-likeness (QED) is 0.724. The Hall–Kier alpha value is -2.39. The van der Waals surface area contributed by atoms with Crippen molar-refractivity contribution in [3.8, 4) is 0 Å². The van der Waals surface area contributed by atoms with Crippen LogP contribution in [0.1, 0.15) is 16.7 Å². The van der Waals surface area contributed by atoms with E-state index in [0.717, 1.165) is 31.8 Å². The van der Waals surface area contributed by atoms with Gasteiger partial charge in [-0.15, -0.1) is 0 Å². The molecule has 2 aromatic carbocycles. The summed E-state index contributed by atoms with van der Waals surface area (Å²) in [6.45, 7) is 8.42. The first-order valence-electron chi connectivity index (χ1n) is 8.58. The first kappa shape index (κ1) is 15.2. The summed E-state index contributed by atoms with van der Waals surface area (Å²) in [6, 6.07) is 17.5. The van der Waals surface area contributed by atoms with E-state index in [1.807, 2.05) is 12.3 Å². The van der Waals surface area contributed by atoms with Gasteiger partial charge in [0.1, 0.15) is 0 Å². The lowest BCUT2D eigenvalue weighted by atomic mass is 10.0. The fourth-order valence-electron chi connectivity index (χ4n) is 3.49. The molecule has 2 heterocycles. The van der Waals surface area contributed by atoms with Gasteiger partial charge in [-0.3, -0.25) is 9.88 Å². The molecule has 0 saturated carbocycles. The predicted octanol–water partition coefficient (Wildman–Crippen LogP) is 4.13. The van der Waals surface area contributed by atoms with Crippen LogP contribution in [0.2, 0.25) is 0 Å². The highest BCUT2D eigenvalue weighted by Gasteiger charge is 2.20. The lowest BCUT2D eigenvalue weighted by Gasteiger charge is -2.21. The van der Waals surface area contributed by atoms with E-state index in [1.54, 1.807) is 0 Å². The molecule has 1 saturated heterocycles. The lowest BCUT2D eigenvalue weighted by molar-refractivity contribution is 0.335. The Labute approximate surface area is 143 Å². The summed E-state index contributed by atoms with van der Waals surface area (Å²) in [4.78, 5) is 9.52. The zero-order chi connectivity index (χ0) is 16.5. The number of pyridine rings is 1. The molecule has 3 heteroatoms. The standard InChI is InChI=1S/C21H23N3/c1-16-5-9-19(10-6-16)24-13-12-23(15-24)14-18-8-7-17(2)21-20(18)4-3-11-22-21/h3-11H,12-15H2,1-2H3. The van der Waals surface area contributed by atoms with Gasteiger partial charge in [0.15, 0.2) is 0 Å². The van der Waals surface area contributed by atoms with Crippen molar-refractivity contribution in [3.63, 3.8) is 0 Å². The van der Waals surface area contributed by atoms with E-state index in [0.29, 0.717) is 0 Å². The van der Waals surface area contributed by atoms with E-state index in [-0.39, 0.29) is 0 Å². The molecule has 0 radical (unpaired) electrons. The highest BCUT2D eigenvalue weighted by Crippen LogP contribution is 2.24. The van der Waals surface area contributed by atoms with Crippen LogP contribution in [0, 0.1) is 13.8 Å². The number of hydrogen-bond acceptors (Lipinski definition) is 3. The SMILES string of the molecule is Cc1ccc(N2CCN(Cc3ccc(C)c4ncccc34)C2)cc1. The Morgan fingerprint density at radius 1 is 0.958 bits per heavy atom. The zero-order valence-corrected chi connectivity index (χ0v) is 14.4. The van der Waals surface area contributed by atoms with Gasteiger partial charge >= 0.3 is 0 Å². The monoisotopic (exact) mass is 317 g/mol. The summed E-state index contributed by atoms with van der Waals surface area (Å²) in [7, 11) is 0.